The highest BCUT2D eigenvalue weighted by atomic mass is 16.7. The Morgan fingerprint density at radius 3 is 2.39 bits per heavy atom. The summed E-state index contributed by atoms with van der Waals surface area (Å²) in [6.07, 6.45) is -0.777. The first kappa shape index (κ1) is 22.3. The first-order chi connectivity index (χ1) is 14.9. The van der Waals surface area contributed by atoms with Crippen LogP contribution in [0.1, 0.15) is 24.1 Å². The van der Waals surface area contributed by atoms with Crippen molar-refractivity contribution in [2.75, 3.05) is 27.4 Å². The van der Waals surface area contributed by atoms with E-state index in [0.717, 1.165) is 0 Å². The van der Waals surface area contributed by atoms with E-state index in [2.05, 4.69) is 0 Å². The molecule has 1 aliphatic heterocycles. The summed E-state index contributed by atoms with van der Waals surface area (Å²) in [7, 11) is 2.86. The third-order valence-electron chi connectivity index (χ3n) is 5.06. The third kappa shape index (κ3) is 4.40. The van der Waals surface area contributed by atoms with E-state index in [4.69, 9.17) is 14.2 Å². The molecule has 0 spiro atoms. The normalized spacial score (nSPS) is 18.1. The van der Waals surface area contributed by atoms with Gasteiger partial charge in [0.1, 0.15) is 5.76 Å². The Hall–Kier alpha value is -3.36. The SMILES string of the molecule is CCOc1cc(C2C(=C(O)c3ccccc3)C(=O)C(=O)N2CC(OC)OC)ccc1O. The fourth-order valence-corrected chi connectivity index (χ4v) is 3.54. The molecule has 31 heavy (non-hydrogen) atoms. The zero-order chi connectivity index (χ0) is 22.5. The number of aliphatic hydroxyl groups is 1. The summed E-state index contributed by atoms with van der Waals surface area (Å²) >= 11 is 0. The molecule has 2 aromatic rings. The molecule has 1 amide bonds. The van der Waals surface area contributed by atoms with Gasteiger partial charge < -0.3 is 29.3 Å². The molecule has 8 heteroatoms. The molecule has 1 saturated heterocycles. The second-order valence-electron chi connectivity index (χ2n) is 6.88. The van der Waals surface area contributed by atoms with Gasteiger partial charge in [0.05, 0.1) is 24.8 Å². The number of ketones is 1. The number of likely N-dealkylation sites (tertiary alicyclic amines) is 1. The minimum Gasteiger partial charge on any atom is -0.507 e. The molecule has 0 aromatic heterocycles. The number of amides is 1. The van der Waals surface area contributed by atoms with Gasteiger partial charge in [0.15, 0.2) is 17.8 Å². The Morgan fingerprint density at radius 1 is 1.10 bits per heavy atom. The van der Waals surface area contributed by atoms with E-state index in [1.807, 2.05) is 0 Å². The first-order valence-corrected chi connectivity index (χ1v) is 9.78. The third-order valence-corrected chi connectivity index (χ3v) is 5.06. The van der Waals surface area contributed by atoms with Crippen molar-refractivity contribution in [3.05, 3.63) is 65.2 Å². The van der Waals surface area contributed by atoms with E-state index in [0.29, 0.717) is 17.7 Å². The lowest BCUT2D eigenvalue weighted by molar-refractivity contribution is -0.149. The van der Waals surface area contributed by atoms with E-state index in [-0.39, 0.29) is 29.4 Å². The molecule has 1 atom stereocenters. The summed E-state index contributed by atoms with van der Waals surface area (Å²) in [5, 5.41) is 21.1. The van der Waals surface area contributed by atoms with Crippen molar-refractivity contribution in [3.63, 3.8) is 0 Å². The average molecular weight is 427 g/mol. The second kappa shape index (κ2) is 9.63. The largest absolute Gasteiger partial charge is 0.507 e. The van der Waals surface area contributed by atoms with Crippen molar-refractivity contribution >= 4 is 17.4 Å². The molecule has 8 nitrogen and oxygen atoms in total. The van der Waals surface area contributed by atoms with Gasteiger partial charge in [-0.05, 0) is 24.6 Å². The minimum absolute atomic E-state index is 0.0430. The number of hydrogen-bond acceptors (Lipinski definition) is 7. The second-order valence-corrected chi connectivity index (χ2v) is 6.88. The summed E-state index contributed by atoms with van der Waals surface area (Å²) in [6.45, 7) is 2.05. The quantitative estimate of drug-likeness (QED) is 0.289. The molecular weight excluding hydrogens is 402 g/mol. The van der Waals surface area contributed by atoms with Crippen molar-refractivity contribution < 1.29 is 34.0 Å². The molecule has 0 aliphatic carbocycles. The number of Topliss-reactive ketones (excluding diaryl/α,β-unsaturated/α-hetero) is 1. The first-order valence-electron chi connectivity index (χ1n) is 9.78. The van der Waals surface area contributed by atoms with Gasteiger partial charge in [0.2, 0.25) is 0 Å². The van der Waals surface area contributed by atoms with Gasteiger partial charge in [-0.2, -0.15) is 0 Å². The zero-order valence-corrected chi connectivity index (χ0v) is 17.6. The molecular formula is C23H25NO7. The van der Waals surface area contributed by atoms with Crippen LogP contribution >= 0.6 is 0 Å². The number of carbonyl (C=O) groups excluding carboxylic acids is 2. The monoisotopic (exact) mass is 427 g/mol. The number of rotatable bonds is 8. The molecule has 1 heterocycles. The molecule has 0 radical (unpaired) electrons. The average Bonchev–Trinajstić information content (AvgIpc) is 3.03. The van der Waals surface area contributed by atoms with E-state index in [1.165, 1.54) is 25.2 Å². The number of phenolic OH excluding ortho intramolecular Hbond substituents is 1. The maximum absolute atomic E-state index is 13.0. The number of benzene rings is 2. The van der Waals surface area contributed by atoms with Gasteiger partial charge >= 0.3 is 0 Å². The van der Waals surface area contributed by atoms with Crippen LogP contribution in [0.25, 0.3) is 5.76 Å². The van der Waals surface area contributed by atoms with Crippen molar-refractivity contribution in [1.82, 2.24) is 4.90 Å². The maximum Gasteiger partial charge on any atom is 0.295 e. The number of hydrogen-bond donors (Lipinski definition) is 2. The van der Waals surface area contributed by atoms with Gasteiger partial charge in [-0.15, -0.1) is 0 Å². The molecule has 2 N–H and O–H groups in total. The molecule has 2 aromatic carbocycles. The van der Waals surface area contributed by atoms with E-state index in [9.17, 15) is 19.8 Å². The zero-order valence-electron chi connectivity index (χ0n) is 17.6. The van der Waals surface area contributed by atoms with Crippen LogP contribution in [0.2, 0.25) is 0 Å². The number of ether oxygens (including phenoxy) is 3. The molecule has 1 fully saturated rings. The van der Waals surface area contributed by atoms with Crippen LogP contribution in [0.4, 0.5) is 0 Å². The van der Waals surface area contributed by atoms with Gasteiger partial charge in [0, 0.05) is 19.8 Å². The molecule has 1 unspecified atom stereocenters. The highest BCUT2D eigenvalue weighted by Gasteiger charge is 2.47. The lowest BCUT2D eigenvalue weighted by Crippen LogP contribution is -2.38. The van der Waals surface area contributed by atoms with Gasteiger partial charge in [-0.1, -0.05) is 36.4 Å². The van der Waals surface area contributed by atoms with Crippen molar-refractivity contribution in [2.45, 2.75) is 19.3 Å². The Balaban J connectivity index is 2.18. The van der Waals surface area contributed by atoms with Gasteiger partial charge in [-0.3, -0.25) is 9.59 Å². The number of phenols is 1. The Bertz CT molecular complexity index is 983. The minimum atomic E-state index is -0.923. The van der Waals surface area contributed by atoms with Crippen LogP contribution in [0.5, 0.6) is 11.5 Å². The van der Waals surface area contributed by atoms with Crippen molar-refractivity contribution in [1.29, 1.82) is 0 Å². The molecule has 0 bridgehead atoms. The Labute approximate surface area is 180 Å². The van der Waals surface area contributed by atoms with Crippen LogP contribution in [-0.4, -0.2) is 60.5 Å². The van der Waals surface area contributed by atoms with Gasteiger partial charge in [-0.25, -0.2) is 0 Å². The summed E-state index contributed by atoms with van der Waals surface area (Å²) in [5.74, 6) is -1.75. The predicted molar refractivity (Wildman–Crippen MR) is 113 cm³/mol. The Morgan fingerprint density at radius 2 is 1.77 bits per heavy atom. The number of nitrogens with zero attached hydrogens (tertiary/aromatic N) is 1. The smallest absolute Gasteiger partial charge is 0.295 e. The Kier molecular flexibility index (Phi) is 6.94. The van der Waals surface area contributed by atoms with E-state index < -0.39 is 24.0 Å². The standard InChI is InChI=1S/C23H25NO7/c1-4-31-17-12-15(10-11-16(17)25)20-19(21(26)14-8-6-5-7-9-14)22(27)23(28)24(20)13-18(29-2)30-3/h5-12,18,20,25-26H,4,13H2,1-3H3. The summed E-state index contributed by atoms with van der Waals surface area (Å²) < 4.78 is 15.9. The molecule has 1 aliphatic rings. The number of aliphatic hydroxyl groups excluding tert-OH is 1. The van der Waals surface area contributed by atoms with Crippen LogP contribution < -0.4 is 4.74 Å². The summed E-state index contributed by atoms with van der Waals surface area (Å²) in [5.41, 5.74) is 0.837. The topological polar surface area (TPSA) is 106 Å². The van der Waals surface area contributed by atoms with Crippen LogP contribution in [0.3, 0.4) is 0 Å². The summed E-state index contributed by atoms with van der Waals surface area (Å²) in [4.78, 5) is 27.2. The molecule has 164 valence electrons. The van der Waals surface area contributed by atoms with Crippen molar-refractivity contribution in [2.24, 2.45) is 0 Å². The highest BCUT2D eigenvalue weighted by Crippen LogP contribution is 2.41. The number of aromatic hydroxyl groups is 1. The molecule has 0 saturated carbocycles. The lowest BCUT2D eigenvalue weighted by atomic mass is 9.95. The molecule has 3 rings (SSSR count). The maximum atomic E-state index is 13.0. The van der Waals surface area contributed by atoms with E-state index >= 15 is 0 Å². The van der Waals surface area contributed by atoms with Crippen LogP contribution in [-0.2, 0) is 19.1 Å². The fourth-order valence-electron chi connectivity index (χ4n) is 3.54. The van der Waals surface area contributed by atoms with Crippen LogP contribution in [0.15, 0.2) is 54.1 Å². The van der Waals surface area contributed by atoms with Crippen LogP contribution in [0, 0.1) is 0 Å². The fraction of sp³-hybridized carbons (Fsp3) is 0.304. The van der Waals surface area contributed by atoms with Gasteiger partial charge in [0.25, 0.3) is 11.7 Å². The lowest BCUT2D eigenvalue weighted by Gasteiger charge is -2.28. The van der Waals surface area contributed by atoms with Crippen molar-refractivity contribution in [3.8, 4) is 11.5 Å². The predicted octanol–water partition coefficient (Wildman–Crippen LogP) is 2.83. The summed E-state index contributed by atoms with van der Waals surface area (Å²) in [6, 6.07) is 12.1. The van der Waals surface area contributed by atoms with E-state index in [1.54, 1.807) is 49.4 Å². The number of methoxy groups -OCH3 is 2. The number of carbonyl (C=O) groups is 2. The highest BCUT2D eigenvalue weighted by molar-refractivity contribution is 6.46.